The number of aliphatic hydroxyl groups excluding tert-OH is 1. The molecule has 0 aliphatic carbocycles. The summed E-state index contributed by atoms with van der Waals surface area (Å²) < 4.78 is 11.4. The summed E-state index contributed by atoms with van der Waals surface area (Å²) in [5, 5.41) is 11.3. The number of ketones is 1. The Balaban J connectivity index is 1.66. The van der Waals surface area contributed by atoms with Crippen LogP contribution >= 0.6 is 0 Å². The molecule has 2 fully saturated rings. The Hall–Kier alpha value is -3.16. The van der Waals surface area contributed by atoms with Gasteiger partial charge in [-0.25, -0.2) is 0 Å². The number of aliphatic hydroxyl groups is 1. The van der Waals surface area contributed by atoms with Crippen LogP contribution in [0.2, 0.25) is 0 Å². The van der Waals surface area contributed by atoms with Crippen molar-refractivity contribution >= 4 is 17.4 Å². The second kappa shape index (κ2) is 12.2. The number of nitrogens with one attached hydrogen (secondary N) is 1. The van der Waals surface area contributed by atoms with E-state index < -0.39 is 17.7 Å². The van der Waals surface area contributed by atoms with E-state index in [2.05, 4.69) is 6.92 Å². The molecule has 2 aliphatic heterocycles. The van der Waals surface area contributed by atoms with E-state index in [4.69, 9.17) is 9.47 Å². The van der Waals surface area contributed by atoms with Crippen molar-refractivity contribution < 1.29 is 29.1 Å². The number of hydrogen-bond donors (Lipinski definition) is 2. The van der Waals surface area contributed by atoms with E-state index in [1.807, 2.05) is 43.3 Å². The molecule has 4 rings (SSSR count). The molecule has 0 saturated carbocycles. The van der Waals surface area contributed by atoms with E-state index in [9.17, 15) is 14.7 Å². The van der Waals surface area contributed by atoms with Crippen molar-refractivity contribution in [1.29, 1.82) is 0 Å². The van der Waals surface area contributed by atoms with Crippen molar-refractivity contribution in [3.05, 3.63) is 70.8 Å². The SMILES string of the molecule is CCCCOc1cccc([C@H]2C(=C(O)c3ccc(C)cc3)C(=O)C(=O)N2CCC[NH+]2CCOCC2)c1. The second-order valence-corrected chi connectivity index (χ2v) is 9.60. The summed E-state index contributed by atoms with van der Waals surface area (Å²) in [6.45, 7) is 9.41. The molecule has 0 aromatic heterocycles. The van der Waals surface area contributed by atoms with E-state index in [-0.39, 0.29) is 11.3 Å². The molecule has 0 spiro atoms. The summed E-state index contributed by atoms with van der Waals surface area (Å²) in [6.07, 6.45) is 2.73. The van der Waals surface area contributed by atoms with E-state index >= 15 is 0 Å². The van der Waals surface area contributed by atoms with Crippen LogP contribution in [0.15, 0.2) is 54.1 Å². The zero-order valence-corrected chi connectivity index (χ0v) is 21.3. The number of morpholine rings is 1. The van der Waals surface area contributed by atoms with E-state index in [1.165, 1.54) is 4.90 Å². The molecule has 1 amide bonds. The quantitative estimate of drug-likeness (QED) is 0.230. The Morgan fingerprint density at radius 3 is 2.58 bits per heavy atom. The number of amides is 1. The Morgan fingerprint density at radius 1 is 1.11 bits per heavy atom. The van der Waals surface area contributed by atoms with Gasteiger partial charge in [0.15, 0.2) is 0 Å². The number of ether oxygens (including phenoxy) is 2. The summed E-state index contributed by atoms with van der Waals surface area (Å²) in [5.41, 5.74) is 2.46. The second-order valence-electron chi connectivity index (χ2n) is 9.60. The molecule has 2 N–H and O–H groups in total. The highest BCUT2D eigenvalue weighted by Gasteiger charge is 2.46. The lowest BCUT2D eigenvalue weighted by Gasteiger charge is -2.27. The third kappa shape index (κ3) is 5.97. The van der Waals surface area contributed by atoms with Gasteiger partial charge in [-0.2, -0.15) is 0 Å². The number of unbranched alkanes of at least 4 members (excludes halogenated alkanes) is 1. The third-order valence-corrected chi connectivity index (χ3v) is 6.93. The number of quaternary nitrogens is 1. The molecular weight excluding hydrogens is 456 g/mol. The minimum absolute atomic E-state index is 0.133. The summed E-state index contributed by atoms with van der Waals surface area (Å²) in [5.74, 6) is -0.659. The smallest absolute Gasteiger partial charge is 0.295 e. The van der Waals surface area contributed by atoms with Crippen molar-refractivity contribution in [3.63, 3.8) is 0 Å². The molecular formula is C29H37N2O5+. The summed E-state index contributed by atoms with van der Waals surface area (Å²) in [6, 6.07) is 14.2. The maximum atomic E-state index is 13.3. The minimum atomic E-state index is -0.666. The van der Waals surface area contributed by atoms with Gasteiger partial charge in [0.2, 0.25) is 0 Å². The third-order valence-electron chi connectivity index (χ3n) is 6.93. The Bertz CT molecular complexity index is 1090. The number of rotatable bonds is 10. The number of nitrogens with zero attached hydrogens (tertiary/aromatic N) is 1. The van der Waals surface area contributed by atoms with Crippen LogP contribution in [0, 0.1) is 6.92 Å². The standard InChI is InChI=1S/C29H36N2O5/c1-3-4-17-36-24-8-5-7-23(20-24)26-25(27(32)22-11-9-21(2)10-12-22)28(33)29(34)31(26)14-6-13-30-15-18-35-19-16-30/h5,7-12,20,26,32H,3-4,6,13-19H2,1-2H3/p+1/t26-/m0/s1. The van der Waals surface area contributed by atoms with Gasteiger partial charge in [0.05, 0.1) is 38.0 Å². The van der Waals surface area contributed by atoms with Crippen molar-refractivity contribution in [1.82, 2.24) is 4.90 Å². The molecule has 2 aromatic rings. The van der Waals surface area contributed by atoms with Gasteiger partial charge in [-0.1, -0.05) is 55.3 Å². The zero-order valence-electron chi connectivity index (χ0n) is 21.3. The van der Waals surface area contributed by atoms with Crippen LogP contribution in [0.4, 0.5) is 0 Å². The van der Waals surface area contributed by atoms with E-state index in [0.29, 0.717) is 24.5 Å². The monoisotopic (exact) mass is 493 g/mol. The molecule has 0 bridgehead atoms. The molecule has 36 heavy (non-hydrogen) atoms. The first-order valence-electron chi connectivity index (χ1n) is 13.0. The predicted molar refractivity (Wildman–Crippen MR) is 138 cm³/mol. The van der Waals surface area contributed by atoms with Crippen LogP contribution in [-0.2, 0) is 14.3 Å². The lowest BCUT2D eigenvalue weighted by atomic mass is 9.95. The van der Waals surface area contributed by atoms with E-state index in [0.717, 1.165) is 63.2 Å². The van der Waals surface area contributed by atoms with Gasteiger partial charge in [0, 0.05) is 18.5 Å². The number of hydrogen-bond acceptors (Lipinski definition) is 5. The Morgan fingerprint density at radius 2 is 1.86 bits per heavy atom. The van der Waals surface area contributed by atoms with Gasteiger partial charge in [-0.05, 0) is 31.0 Å². The lowest BCUT2D eigenvalue weighted by Crippen LogP contribution is -3.14. The van der Waals surface area contributed by atoms with Gasteiger partial charge in [0.1, 0.15) is 24.6 Å². The topological polar surface area (TPSA) is 80.5 Å². The van der Waals surface area contributed by atoms with Crippen LogP contribution < -0.4 is 9.64 Å². The number of aryl methyl sites for hydroxylation is 1. The molecule has 0 radical (unpaired) electrons. The zero-order chi connectivity index (χ0) is 25.5. The van der Waals surface area contributed by atoms with Crippen LogP contribution in [0.3, 0.4) is 0 Å². The van der Waals surface area contributed by atoms with Gasteiger partial charge >= 0.3 is 0 Å². The Labute approximate surface area is 213 Å². The van der Waals surface area contributed by atoms with Crippen molar-refractivity contribution in [2.75, 3.05) is 46.0 Å². The minimum Gasteiger partial charge on any atom is -0.507 e. The number of Topliss-reactive ketones (excluding diaryl/α,β-unsaturated/α-hetero) is 1. The largest absolute Gasteiger partial charge is 0.507 e. The lowest BCUT2D eigenvalue weighted by molar-refractivity contribution is -0.908. The van der Waals surface area contributed by atoms with Crippen molar-refractivity contribution in [3.8, 4) is 5.75 Å². The van der Waals surface area contributed by atoms with Crippen LogP contribution in [0.5, 0.6) is 5.75 Å². The fraction of sp³-hybridized carbons (Fsp3) is 0.448. The summed E-state index contributed by atoms with van der Waals surface area (Å²) >= 11 is 0. The Kier molecular flexibility index (Phi) is 8.78. The number of benzene rings is 2. The van der Waals surface area contributed by atoms with Crippen LogP contribution in [0.1, 0.15) is 48.9 Å². The fourth-order valence-corrected chi connectivity index (χ4v) is 4.84. The highest BCUT2D eigenvalue weighted by molar-refractivity contribution is 6.46. The first kappa shape index (κ1) is 25.9. The van der Waals surface area contributed by atoms with Crippen LogP contribution in [0.25, 0.3) is 5.76 Å². The normalized spacial score (nSPS) is 20.2. The van der Waals surface area contributed by atoms with Gasteiger partial charge in [0.25, 0.3) is 11.7 Å². The molecule has 0 unspecified atom stereocenters. The maximum absolute atomic E-state index is 13.3. The number of likely N-dealkylation sites (tertiary alicyclic amines) is 1. The molecule has 192 valence electrons. The summed E-state index contributed by atoms with van der Waals surface area (Å²) in [7, 11) is 0. The van der Waals surface area contributed by atoms with E-state index in [1.54, 1.807) is 17.0 Å². The van der Waals surface area contributed by atoms with Gasteiger partial charge in [-0.15, -0.1) is 0 Å². The van der Waals surface area contributed by atoms with Gasteiger partial charge < -0.3 is 24.4 Å². The average Bonchev–Trinajstić information content (AvgIpc) is 3.15. The molecule has 7 heteroatoms. The first-order chi connectivity index (χ1) is 17.5. The number of carbonyl (C=O) groups is 2. The number of carbonyl (C=O) groups excluding carboxylic acids is 2. The first-order valence-corrected chi connectivity index (χ1v) is 13.0. The predicted octanol–water partition coefficient (Wildman–Crippen LogP) is 2.90. The highest BCUT2D eigenvalue weighted by atomic mass is 16.5. The van der Waals surface area contributed by atoms with Crippen LogP contribution in [-0.4, -0.2) is 67.7 Å². The highest BCUT2D eigenvalue weighted by Crippen LogP contribution is 2.40. The van der Waals surface area contributed by atoms with Gasteiger partial charge in [-0.3, -0.25) is 9.59 Å². The average molecular weight is 494 g/mol. The van der Waals surface area contributed by atoms with Crippen molar-refractivity contribution in [2.24, 2.45) is 0 Å². The fourth-order valence-electron chi connectivity index (χ4n) is 4.84. The van der Waals surface area contributed by atoms with Crippen molar-refractivity contribution in [2.45, 2.75) is 39.2 Å². The maximum Gasteiger partial charge on any atom is 0.295 e. The molecule has 2 saturated heterocycles. The molecule has 2 aromatic carbocycles. The molecule has 7 nitrogen and oxygen atoms in total. The molecule has 2 heterocycles. The molecule has 1 atom stereocenters. The summed E-state index contributed by atoms with van der Waals surface area (Å²) in [4.78, 5) is 29.6. The molecule has 2 aliphatic rings.